The number of hydrogen-bond donors (Lipinski definition) is 14. The standard InChI is InChI=1S/C58H78N10O19S/c1-30-28-68-50(51(30)76)56(81)60-27-38(70)24-40(61-52(77)35-11-15-37(16-12-35)66-20-18-65(19-21-66)36-13-9-34(10-14-36)33-6-4-3-5-7-33)53(78)62-47(31(2)69)57(82)67-29-39(71)25-41(67)54(79)63-48(55(80)64-49(58(68)83)44(74)26-46(59)75)43(73)22-32-8-17-42(72)45(23-32)85-88-87-86-84/h3-8,11-12,15-17,23,30-31,34,36,38-41,43-44,47-51,69-74,76,84H,9-10,13-14,18-22,24-29H2,1-2H3,(H2,59,75)(H,60,81)(H,61,77)(H,62,78)(H,63,79)(H,64,80)/t30?,31?,34?,36?,38?,39?,40-,41?,43?,44?,47?,48?,49?,50?,51?/m0/s1. The van der Waals surface area contributed by atoms with Crippen molar-refractivity contribution in [3.05, 3.63) is 89.5 Å². The van der Waals surface area contributed by atoms with Gasteiger partial charge in [-0.3, -0.25) is 43.3 Å². The zero-order valence-electron chi connectivity index (χ0n) is 48.5. The quantitative estimate of drug-likeness (QED) is 0.0303. The molecule has 29 nitrogen and oxygen atoms in total. The lowest BCUT2D eigenvalue weighted by atomic mass is 9.81. The average Bonchev–Trinajstić information content (AvgIpc) is 3.69. The zero-order valence-corrected chi connectivity index (χ0v) is 49.4. The van der Waals surface area contributed by atoms with Gasteiger partial charge in [0.05, 0.1) is 43.0 Å². The van der Waals surface area contributed by atoms with E-state index in [1.807, 2.05) is 6.07 Å². The van der Waals surface area contributed by atoms with Crippen molar-refractivity contribution in [1.29, 1.82) is 0 Å². The number of carbonyl (C=O) groups is 8. The number of β-amino-alcohol motifs (C(OH)–C–C–N with tert-alkyl or cyclic N) is 1. The van der Waals surface area contributed by atoms with Crippen LogP contribution in [0.4, 0.5) is 5.69 Å². The number of benzene rings is 3. The number of carbonyl (C=O) groups excluding carboxylic acids is 8. The van der Waals surface area contributed by atoms with Gasteiger partial charge >= 0.3 is 0 Å². The van der Waals surface area contributed by atoms with E-state index in [4.69, 9.17) is 15.2 Å². The van der Waals surface area contributed by atoms with Crippen molar-refractivity contribution in [2.24, 2.45) is 11.7 Å². The predicted molar refractivity (Wildman–Crippen MR) is 311 cm³/mol. The van der Waals surface area contributed by atoms with Crippen molar-refractivity contribution in [3.8, 4) is 11.5 Å². The molecule has 3 aromatic carbocycles. The SMILES string of the molecule is CC(O)C1NC(=O)[C@@H](NC(=O)c2ccc(N3CCN(C4CCC(c5ccccc5)CC4)CC3)cc2)CC(O)CNC(=O)C2C(O)C(C)CN2C(=O)C(C(O)CC(N)=O)NC(=O)C(C(O)Cc2ccc(O)c(OSOOO)c2)NC(=O)C2CC(O)CN2C1=O. The number of aliphatic hydroxyl groups is 6. The minimum Gasteiger partial charge on any atom is -0.504 e. The number of aromatic hydroxyl groups is 1. The summed E-state index contributed by atoms with van der Waals surface area (Å²) in [6.45, 7) is 4.18. The summed E-state index contributed by atoms with van der Waals surface area (Å²) in [7, 11) is 0. The third-order valence-corrected chi connectivity index (χ3v) is 17.5. The van der Waals surface area contributed by atoms with Crippen LogP contribution in [0.1, 0.15) is 86.2 Å². The molecule has 5 fully saturated rings. The molecule has 3 aromatic rings. The number of phenols is 1. The van der Waals surface area contributed by atoms with Crippen LogP contribution in [-0.4, -0.2) is 228 Å². The first-order chi connectivity index (χ1) is 42.0. The first-order valence-electron chi connectivity index (χ1n) is 29.3. The smallest absolute Gasteiger partial charge is 0.261 e. The van der Waals surface area contributed by atoms with E-state index in [2.05, 4.69) is 70.0 Å². The molecule has 8 amide bonds. The zero-order chi connectivity index (χ0) is 63.5. The van der Waals surface area contributed by atoms with Gasteiger partial charge in [-0.1, -0.05) is 52.7 Å². The van der Waals surface area contributed by atoms with Gasteiger partial charge in [0.25, 0.3) is 18.2 Å². The van der Waals surface area contributed by atoms with Gasteiger partial charge in [-0.2, -0.15) is 0 Å². The van der Waals surface area contributed by atoms with Crippen molar-refractivity contribution < 1.29 is 92.9 Å². The number of aliphatic hydroxyl groups excluding tert-OH is 6. The van der Waals surface area contributed by atoms with Crippen LogP contribution in [0.5, 0.6) is 11.5 Å². The number of nitrogens with zero attached hydrogens (tertiary/aromatic N) is 4. The molecule has 0 radical (unpaired) electrons. The van der Waals surface area contributed by atoms with Gasteiger partial charge < -0.3 is 86.9 Å². The fourth-order valence-corrected chi connectivity index (χ4v) is 12.6. The summed E-state index contributed by atoms with van der Waals surface area (Å²) in [4.78, 5) is 120. The largest absolute Gasteiger partial charge is 0.504 e. The number of hydrogen-bond acceptors (Lipinski definition) is 22. The maximum atomic E-state index is 14.7. The van der Waals surface area contributed by atoms with Crippen LogP contribution in [0.25, 0.3) is 0 Å². The Morgan fingerprint density at radius 1 is 0.750 bits per heavy atom. The Morgan fingerprint density at radius 2 is 1.41 bits per heavy atom. The first kappa shape index (κ1) is 66.7. The molecule has 0 spiro atoms. The molecule has 5 aliphatic rings. The average molecular weight is 1250 g/mol. The Hall–Kier alpha value is -7.23. The van der Waals surface area contributed by atoms with Crippen molar-refractivity contribution in [2.45, 2.75) is 150 Å². The van der Waals surface area contributed by atoms with E-state index in [0.717, 1.165) is 86.4 Å². The maximum Gasteiger partial charge on any atom is 0.261 e. The van der Waals surface area contributed by atoms with Gasteiger partial charge in [0.15, 0.2) is 11.5 Å². The Kier molecular flexibility index (Phi) is 23.0. The molecule has 8 rings (SSSR count). The minimum atomic E-state index is -2.20. The predicted octanol–water partition coefficient (Wildman–Crippen LogP) is -2.57. The molecule has 12 unspecified atom stereocenters. The molecular formula is C58H78N10O19S. The molecule has 1 aliphatic carbocycles. The van der Waals surface area contributed by atoms with E-state index < -0.39 is 171 Å². The van der Waals surface area contributed by atoms with Gasteiger partial charge in [-0.15, -0.1) is 0 Å². The summed E-state index contributed by atoms with van der Waals surface area (Å²) < 4.78 is 9.31. The lowest BCUT2D eigenvalue weighted by molar-refractivity contribution is -0.433. The monoisotopic (exact) mass is 1250 g/mol. The molecule has 0 aromatic heterocycles. The Labute approximate surface area is 511 Å². The number of anilines is 1. The number of nitrogens with one attached hydrogen (secondary N) is 5. The van der Waals surface area contributed by atoms with Crippen molar-refractivity contribution in [3.63, 3.8) is 0 Å². The normalized spacial score (nSPS) is 29.3. The van der Waals surface area contributed by atoms with Crippen molar-refractivity contribution in [2.75, 3.05) is 50.7 Å². The highest BCUT2D eigenvalue weighted by atomic mass is 32.2. The fraction of sp³-hybridized carbons (Fsp3) is 0.552. The highest BCUT2D eigenvalue weighted by Crippen LogP contribution is 2.36. The lowest BCUT2D eigenvalue weighted by Gasteiger charge is -2.42. The first-order valence-corrected chi connectivity index (χ1v) is 29.9. The molecule has 30 heteroatoms. The molecule has 13 atom stereocenters. The summed E-state index contributed by atoms with van der Waals surface area (Å²) in [5.74, 6) is -10.3. The van der Waals surface area contributed by atoms with E-state index >= 15 is 0 Å². The van der Waals surface area contributed by atoms with E-state index in [0.29, 0.717) is 12.0 Å². The molecule has 88 heavy (non-hydrogen) atoms. The summed E-state index contributed by atoms with van der Waals surface area (Å²) >= 11 is 0.0643. The highest BCUT2D eigenvalue weighted by molar-refractivity contribution is 7.90. The third kappa shape index (κ3) is 16.5. The molecule has 1 saturated carbocycles. The van der Waals surface area contributed by atoms with Crippen LogP contribution in [-0.2, 0) is 49.4 Å². The second-order valence-corrected chi connectivity index (χ2v) is 23.7. The second kappa shape index (κ2) is 30.3. The van der Waals surface area contributed by atoms with Gasteiger partial charge in [-0.05, 0) is 86.1 Å². The van der Waals surface area contributed by atoms with Crippen LogP contribution in [0.15, 0.2) is 72.8 Å². The van der Waals surface area contributed by atoms with E-state index in [1.54, 1.807) is 24.3 Å². The van der Waals surface area contributed by atoms with Crippen LogP contribution in [0.3, 0.4) is 0 Å². The molecule has 4 saturated heterocycles. The summed E-state index contributed by atoms with van der Waals surface area (Å²) in [6, 6.07) is 9.77. The van der Waals surface area contributed by atoms with Gasteiger partial charge in [0.1, 0.15) is 36.3 Å². The minimum absolute atomic E-state index is 0.0643. The Balaban J connectivity index is 1.05. The van der Waals surface area contributed by atoms with Crippen LogP contribution in [0, 0.1) is 5.92 Å². The highest BCUT2D eigenvalue weighted by Gasteiger charge is 2.50. The topological polar surface area (TPSA) is 425 Å². The fourth-order valence-electron chi connectivity index (χ4n) is 12.3. The number of fused-ring (bicyclic) bond motifs is 2. The van der Waals surface area contributed by atoms with Crippen LogP contribution >= 0.6 is 12.3 Å². The van der Waals surface area contributed by atoms with E-state index in [-0.39, 0.29) is 35.7 Å². The lowest BCUT2D eigenvalue weighted by Crippen LogP contribution is -2.64. The molecule has 0 bridgehead atoms. The van der Waals surface area contributed by atoms with Gasteiger partial charge in [-0.25, -0.2) is 5.26 Å². The molecule has 480 valence electrons. The number of piperazine rings is 1. The van der Waals surface area contributed by atoms with Gasteiger partial charge in [0.2, 0.25) is 41.4 Å². The van der Waals surface area contributed by atoms with Gasteiger partial charge in [0, 0.05) is 88.3 Å². The van der Waals surface area contributed by atoms with E-state index in [9.17, 15) is 74.1 Å². The molecular weight excluding hydrogens is 1170 g/mol. The molecule has 4 heterocycles. The number of rotatable bonds is 16. The second-order valence-electron chi connectivity index (χ2n) is 23.3. The summed E-state index contributed by atoms with van der Waals surface area (Å²) in [5, 5.41) is 103. The Bertz CT molecular complexity index is 2940. The Morgan fingerprint density at radius 3 is 2.07 bits per heavy atom. The van der Waals surface area contributed by atoms with Crippen LogP contribution in [0.2, 0.25) is 0 Å². The van der Waals surface area contributed by atoms with E-state index in [1.165, 1.54) is 18.6 Å². The number of primary amides is 1. The number of nitrogens with two attached hydrogens (primary N) is 1. The summed E-state index contributed by atoms with van der Waals surface area (Å²) in [5.41, 5.74) is 7.85. The van der Waals surface area contributed by atoms with Crippen LogP contribution < -0.4 is 41.4 Å². The number of amides is 8. The van der Waals surface area contributed by atoms with Crippen molar-refractivity contribution in [1.82, 2.24) is 41.3 Å². The summed E-state index contributed by atoms with van der Waals surface area (Å²) in [6.07, 6.45) is -8.91. The third-order valence-electron chi connectivity index (χ3n) is 17.1. The molecule has 4 aliphatic heterocycles. The maximum absolute atomic E-state index is 14.7. The van der Waals surface area contributed by atoms with Crippen molar-refractivity contribution >= 4 is 65.3 Å². The molecule has 15 N–H and O–H groups in total. The number of phenolic OH excluding ortho intramolecular Hbond substituents is 1.